The van der Waals surface area contributed by atoms with Crippen LogP contribution >= 0.6 is 18.0 Å². The SMILES string of the molecule is CCCOP(C)(=O)SCCN(C)C. The average molecular weight is 225 g/mol. The van der Waals surface area contributed by atoms with E-state index < -0.39 is 6.57 Å². The molecule has 0 aliphatic rings. The highest BCUT2D eigenvalue weighted by molar-refractivity contribution is 8.56. The highest BCUT2D eigenvalue weighted by Crippen LogP contribution is 2.55. The van der Waals surface area contributed by atoms with Crippen LogP contribution in [0.4, 0.5) is 0 Å². The molecule has 0 saturated carbocycles. The fraction of sp³-hybridized carbons (Fsp3) is 1.00. The maximum Gasteiger partial charge on any atom is 0.254 e. The molecule has 0 bridgehead atoms. The Kier molecular flexibility index (Phi) is 7.15. The van der Waals surface area contributed by atoms with E-state index >= 15 is 0 Å². The Hall–Kier alpha value is 0.500. The molecule has 0 amide bonds. The molecule has 0 aromatic rings. The molecule has 0 N–H and O–H groups in total. The molecular formula is C8H20NO2PS. The summed E-state index contributed by atoms with van der Waals surface area (Å²) in [6.45, 7) is 2.88. The normalized spacial score (nSPS) is 16.1. The maximum absolute atomic E-state index is 11.7. The Morgan fingerprint density at radius 1 is 1.46 bits per heavy atom. The van der Waals surface area contributed by atoms with Crippen molar-refractivity contribution in [1.82, 2.24) is 4.90 Å². The largest absolute Gasteiger partial charge is 0.321 e. The van der Waals surface area contributed by atoms with Crippen molar-refractivity contribution in [3.05, 3.63) is 0 Å². The lowest BCUT2D eigenvalue weighted by Crippen LogP contribution is -2.14. The molecule has 1 unspecified atom stereocenters. The Balaban J connectivity index is 3.57. The number of nitrogens with zero attached hydrogens (tertiary/aromatic N) is 1. The lowest BCUT2D eigenvalue weighted by atomic mass is 10.5. The summed E-state index contributed by atoms with van der Waals surface area (Å²) < 4.78 is 16.9. The van der Waals surface area contributed by atoms with Gasteiger partial charge in [-0.2, -0.15) is 0 Å². The number of hydrogen-bond donors (Lipinski definition) is 0. The zero-order valence-electron chi connectivity index (χ0n) is 8.95. The first-order valence-electron chi connectivity index (χ1n) is 4.49. The van der Waals surface area contributed by atoms with E-state index in [2.05, 4.69) is 4.90 Å². The van der Waals surface area contributed by atoms with Gasteiger partial charge in [0.05, 0.1) is 6.61 Å². The fourth-order valence-electron chi connectivity index (χ4n) is 0.684. The third-order valence-corrected chi connectivity index (χ3v) is 5.15. The molecule has 0 aromatic heterocycles. The van der Waals surface area contributed by atoms with E-state index in [1.807, 2.05) is 21.0 Å². The van der Waals surface area contributed by atoms with E-state index in [0.717, 1.165) is 18.7 Å². The fourth-order valence-corrected chi connectivity index (χ4v) is 3.74. The molecule has 1 atom stereocenters. The molecule has 0 aliphatic heterocycles. The molecule has 0 radical (unpaired) electrons. The third-order valence-electron chi connectivity index (χ3n) is 1.39. The molecule has 0 aliphatic carbocycles. The maximum atomic E-state index is 11.7. The van der Waals surface area contributed by atoms with Crippen LogP contribution in [0.3, 0.4) is 0 Å². The van der Waals surface area contributed by atoms with Crippen LogP contribution in [0.15, 0.2) is 0 Å². The van der Waals surface area contributed by atoms with Gasteiger partial charge in [0, 0.05) is 19.0 Å². The van der Waals surface area contributed by atoms with Crippen LogP contribution < -0.4 is 0 Å². The summed E-state index contributed by atoms with van der Waals surface area (Å²) in [4.78, 5) is 2.08. The molecule has 0 spiro atoms. The lowest BCUT2D eigenvalue weighted by Gasteiger charge is -2.14. The second-order valence-corrected chi connectivity index (χ2v) is 8.47. The van der Waals surface area contributed by atoms with Crippen molar-refractivity contribution in [1.29, 1.82) is 0 Å². The molecule has 0 heterocycles. The molecule has 0 rings (SSSR count). The second kappa shape index (κ2) is 6.88. The Bertz CT molecular complexity index is 176. The molecule has 13 heavy (non-hydrogen) atoms. The summed E-state index contributed by atoms with van der Waals surface area (Å²) in [5.41, 5.74) is 0. The van der Waals surface area contributed by atoms with Crippen LogP contribution in [-0.4, -0.2) is 44.6 Å². The molecule has 80 valence electrons. The zero-order chi connectivity index (χ0) is 10.3. The summed E-state index contributed by atoms with van der Waals surface area (Å²) in [5.74, 6) is 0.866. The van der Waals surface area contributed by atoms with Crippen LogP contribution in [0, 0.1) is 0 Å². The molecule has 0 saturated heterocycles. The van der Waals surface area contributed by atoms with Crippen LogP contribution in [0.1, 0.15) is 13.3 Å². The van der Waals surface area contributed by atoms with E-state index in [1.54, 1.807) is 6.66 Å². The summed E-state index contributed by atoms with van der Waals surface area (Å²) >= 11 is 1.44. The van der Waals surface area contributed by atoms with Crippen molar-refractivity contribution in [2.45, 2.75) is 13.3 Å². The molecule has 3 nitrogen and oxygen atoms in total. The van der Waals surface area contributed by atoms with Crippen molar-refractivity contribution in [2.24, 2.45) is 0 Å². The van der Waals surface area contributed by atoms with Crippen molar-refractivity contribution in [3.63, 3.8) is 0 Å². The monoisotopic (exact) mass is 225 g/mol. The highest BCUT2D eigenvalue weighted by Gasteiger charge is 2.15. The van der Waals surface area contributed by atoms with E-state index in [-0.39, 0.29) is 0 Å². The van der Waals surface area contributed by atoms with Crippen molar-refractivity contribution < 1.29 is 9.09 Å². The van der Waals surface area contributed by atoms with Gasteiger partial charge in [0.1, 0.15) is 0 Å². The Labute approximate surface area is 85.4 Å². The Morgan fingerprint density at radius 2 is 2.08 bits per heavy atom. The Morgan fingerprint density at radius 3 is 2.54 bits per heavy atom. The standard InChI is InChI=1S/C8H20NO2PS/c1-5-7-11-12(4,10)13-8-6-9(2)3/h5-8H2,1-4H3. The predicted octanol–water partition coefficient (Wildman–Crippen LogP) is 2.53. The van der Waals surface area contributed by atoms with Gasteiger partial charge in [-0.15, -0.1) is 0 Å². The third kappa shape index (κ3) is 8.82. The molecule has 0 aromatic carbocycles. The highest BCUT2D eigenvalue weighted by atomic mass is 32.7. The van der Waals surface area contributed by atoms with Crippen LogP contribution in [-0.2, 0) is 9.09 Å². The lowest BCUT2D eigenvalue weighted by molar-refractivity contribution is 0.328. The summed E-state index contributed by atoms with van der Waals surface area (Å²) in [6.07, 6.45) is 0.923. The van der Waals surface area contributed by atoms with E-state index in [4.69, 9.17) is 4.52 Å². The van der Waals surface area contributed by atoms with Gasteiger partial charge in [-0.05, 0) is 20.5 Å². The predicted molar refractivity (Wildman–Crippen MR) is 60.8 cm³/mol. The van der Waals surface area contributed by atoms with Gasteiger partial charge in [-0.3, -0.25) is 4.57 Å². The first-order valence-corrected chi connectivity index (χ1v) is 8.15. The van der Waals surface area contributed by atoms with E-state index in [0.29, 0.717) is 6.61 Å². The topological polar surface area (TPSA) is 29.5 Å². The summed E-state index contributed by atoms with van der Waals surface area (Å²) in [7, 11) is 4.02. The minimum absolute atomic E-state index is 0.600. The van der Waals surface area contributed by atoms with Gasteiger partial charge in [0.25, 0.3) is 6.57 Å². The van der Waals surface area contributed by atoms with Gasteiger partial charge in [-0.1, -0.05) is 18.3 Å². The van der Waals surface area contributed by atoms with Gasteiger partial charge in [-0.25, -0.2) is 0 Å². The van der Waals surface area contributed by atoms with Gasteiger partial charge >= 0.3 is 0 Å². The average Bonchev–Trinajstić information content (AvgIpc) is 2.00. The van der Waals surface area contributed by atoms with Crippen molar-refractivity contribution in [2.75, 3.05) is 39.7 Å². The first-order chi connectivity index (χ1) is 5.98. The van der Waals surface area contributed by atoms with Crippen molar-refractivity contribution in [3.8, 4) is 0 Å². The second-order valence-electron chi connectivity index (χ2n) is 3.24. The van der Waals surface area contributed by atoms with E-state index in [9.17, 15) is 4.57 Å². The first kappa shape index (κ1) is 13.5. The quantitative estimate of drug-likeness (QED) is 0.623. The number of rotatable bonds is 7. The summed E-state index contributed by atoms with van der Waals surface area (Å²) in [5, 5.41) is 0. The zero-order valence-corrected chi connectivity index (χ0v) is 10.7. The van der Waals surface area contributed by atoms with Crippen LogP contribution in [0.25, 0.3) is 0 Å². The van der Waals surface area contributed by atoms with Crippen LogP contribution in [0.2, 0.25) is 0 Å². The molecule has 5 heteroatoms. The van der Waals surface area contributed by atoms with Gasteiger partial charge < -0.3 is 9.42 Å². The van der Waals surface area contributed by atoms with Crippen LogP contribution in [0.5, 0.6) is 0 Å². The minimum Gasteiger partial charge on any atom is -0.321 e. The molecule has 0 fully saturated rings. The number of hydrogen-bond acceptors (Lipinski definition) is 4. The summed E-state index contributed by atoms with van der Waals surface area (Å²) in [6, 6.07) is 0. The smallest absolute Gasteiger partial charge is 0.254 e. The van der Waals surface area contributed by atoms with E-state index in [1.165, 1.54) is 11.4 Å². The minimum atomic E-state index is -2.38. The molecular weight excluding hydrogens is 205 g/mol. The van der Waals surface area contributed by atoms with Gasteiger partial charge in [0.15, 0.2) is 0 Å². The van der Waals surface area contributed by atoms with Crippen molar-refractivity contribution >= 4 is 18.0 Å². The van der Waals surface area contributed by atoms with Gasteiger partial charge in [0.2, 0.25) is 0 Å².